The Labute approximate surface area is 96.1 Å². The van der Waals surface area contributed by atoms with Crippen molar-refractivity contribution in [2.75, 3.05) is 0 Å². The maximum atomic E-state index is 10.3. The van der Waals surface area contributed by atoms with Gasteiger partial charge in [0.25, 0.3) is 0 Å². The molecule has 0 aromatic carbocycles. The average Bonchev–Trinajstić information content (AvgIpc) is 2.59. The fourth-order valence-electron chi connectivity index (χ4n) is 2.43. The topological polar surface area (TPSA) is 20.2 Å². The van der Waals surface area contributed by atoms with Crippen molar-refractivity contribution in [2.24, 2.45) is 5.92 Å². The lowest BCUT2D eigenvalue weighted by molar-refractivity contribution is 0.0879. The van der Waals surface area contributed by atoms with Crippen molar-refractivity contribution in [1.82, 2.24) is 0 Å². The van der Waals surface area contributed by atoms with Crippen molar-refractivity contribution in [3.8, 4) is 0 Å². The van der Waals surface area contributed by atoms with E-state index in [2.05, 4.69) is 19.9 Å². The summed E-state index contributed by atoms with van der Waals surface area (Å²) in [5.74, 6) is 0.510. The van der Waals surface area contributed by atoms with Crippen LogP contribution in [0.5, 0.6) is 0 Å². The van der Waals surface area contributed by atoms with Crippen molar-refractivity contribution in [3.05, 3.63) is 21.4 Å². The average molecular weight is 224 g/mol. The maximum absolute atomic E-state index is 10.3. The third-order valence-corrected chi connectivity index (χ3v) is 4.80. The summed E-state index contributed by atoms with van der Waals surface area (Å²) >= 11 is 1.77. The van der Waals surface area contributed by atoms with E-state index in [4.69, 9.17) is 0 Å². The van der Waals surface area contributed by atoms with Crippen molar-refractivity contribution >= 4 is 11.3 Å². The predicted octanol–water partition coefficient (Wildman–Crippen LogP) is 3.98. The van der Waals surface area contributed by atoms with Crippen LogP contribution in [0.15, 0.2) is 6.07 Å². The highest BCUT2D eigenvalue weighted by molar-refractivity contribution is 7.12. The Bertz CT molecular complexity index is 304. The van der Waals surface area contributed by atoms with Gasteiger partial charge in [0.15, 0.2) is 0 Å². The standard InChI is InChI=1S/C13H20OS/c1-9-8-12(15-10(9)2)13(14)11-6-4-3-5-7-11/h8,11,13-14H,3-7H2,1-2H3. The van der Waals surface area contributed by atoms with Gasteiger partial charge in [0.1, 0.15) is 0 Å². The van der Waals surface area contributed by atoms with E-state index in [1.165, 1.54) is 47.4 Å². The first kappa shape index (κ1) is 11.2. The molecule has 0 saturated heterocycles. The number of hydrogen-bond acceptors (Lipinski definition) is 2. The molecule has 1 fully saturated rings. The van der Waals surface area contributed by atoms with Crippen LogP contribution in [0, 0.1) is 19.8 Å². The molecule has 0 amide bonds. The molecule has 1 saturated carbocycles. The summed E-state index contributed by atoms with van der Waals surface area (Å²) in [7, 11) is 0. The van der Waals surface area contributed by atoms with Crippen LogP contribution in [-0.2, 0) is 0 Å². The third-order valence-electron chi connectivity index (χ3n) is 3.57. The fourth-order valence-corrected chi connectivity index (χ4v) is 3.55. The van der Waals surface area contributed by atoms with Gasteiger partial charge in [-0.25, -0.2) is 0 Å². The Balaban J connectivity index is 2.08. The smallest absolute Gasteiger partial charge is 0.0910 e. The first-order valence-electron chi connectivity index (χ1n) is 5.93. The summed E-state index contributed by atoms with van der Waals surface area (Å²) in [6, 6.07) is 2.17. The molecule has 0 bridgehead atoms. The molecule has 1 aromatic rings. The molecule has 0 aliphatic heterocycles. The number of rotatable bonds is 2. The lowest BCUT2D eigenvalue weighted by atomic mass is 9.85. The summed E-state index contributed by atoms with van der Waals surface area (Å²) in [5.41, 5.74) is 1.32. The van der Waals surface area contributed by atoms with E-state index in [0.29, 0.717) is 5.92 Å². The van der Waals surface area contributed by atoms with E-state index < -0.39 is 0 Å². The van der Waals surface area contributed by atoms with Gasteiger partial charge in [-0.15, -0.1) is 11.3 Å². The van der Waals surface area contributed by atoms with Crippen LogP contribution in [0.1, 0.15) is 53.5 Å². The molecule has 1 unspecified atom stereocenters. The minimum Gasteiger partial charge on any atom is -0.387 e. The molecule has 15 heavy (non-hydrogen) atoms. The lowest BCUT2D eigenvalue weighted by Gasteiger charge is -2.25. The Morgan fingerprint density at radius 2 is 1.93 bits per heavy atom. The highest BCUT2D eigenvalue weighted by Crippen LogP contribution is 2.37. The highest BCUT2D eigenvalue weighted by atomic mass is 32.1. The van der Waals surface area contributed by atoms with Gasteiger partial charge in [0.2, 0.25) is 0 Å². The number of aryl methyl sites for hydroxylation is 2. The Kier molecular flexibility index (Phi) is 3.47. The van der Waals surface area contributed by atoms with E-state index in [1.807, 2.05) is 0 Å². The normalized spacial score (nSPS) is 20.5. The lowest BCUT2D eigenvalue weighted by Crippen LogP contribution is -2.14. The fraction of sp³-hybridized carbons (Fsp3) is 0.692. The summed E-state index contributed by atoms with van der Waals surface area (Å²) in [4.78, 5) is 2.52. The van der Waals surface area contributed by atoms with Crippen LogP contribution < -0.4 is 0 Å². The molecule has 1 atom stereocenters. The van der Waals surface area contributed by atoms with E-state index in [0.717, 1.165) is 0 Å². The largest absolute Gasteiger partial charge is 0.387 e. The molecule has 1 aliphatic carbocycles. The first-order valence-corrected chi connectivity index (χ1v) is 6.75. The Morgan fingerprint density at radius 3 is 2.47 bits per heavy atom. The molecule has 84 valence electrons. The second-order valence-corrected chi connectivity index (χ2v) is 6.02. The van der Waals surface area contributed by atoms with Crippen molar-refractivity contribution < 1.29 is 5.11 Å². The van der Waals surface area contributed by atoms with Gasteiger partial charge in [-0.1, -0.05) is 19.3 Å². The van der Waals surface area contributed by atoms with Gasteiger partial charge in [0.05, 0.1) is 6.10 Å². The zero-order chi connectivity index (χ0) is 10.8. The minimum absolute atomic E-state index is 0.206. The molecule has 1 N–H and O–H groups in total. The van der Waals surface area contributed by atoms with Gasteiger partial charge in [-0.2, -0.15) is 0 Å². The van der Waals surface area contributed by atoms with Crippen LogP contribution in [-0.4, -0.2) is 5.11 Å². The molecule has 0 radical (unpaired) electrons. The van der Waals surface area contributed by atoms with Crippen LogP contribution >= 0.6 is 11.3 Å². The van der Waals surface area contributed by atoms with Crippen molar-refractivity contribution in [2.45, 2.75) is 52.1 Å². The van der Waals surface area contributed by atoms with Gasteiger partial charge >= 0.3 is 0 Å². The van der Waals surface area contributed by atoms with Gasteiger partial charge in [0, 0.05) is 9.75 Å². The number of hydrogen-bond donors (Lipinski definition) is 1. The molecular weight excluding hydrogens is 204 g/mol. The van der Waals surface area contributed by atoms with Crippen LogP contribution in [0.4, 0.5) is 0 Å². The van der Waals surface area contributed by atoms with Crippen molar-refractivity contribution in [3.63, 3.8) is 0 Å². The zero-order valence-electron chi connectivity index (χ0n) is 9.62. The maximum Gasteiger partial charge on any atom is 0.0910 e. The Morgan fingerprint density at radius 1 is 1.27 bits per heavy atom. The molecule has 1 aromatic heterocycles. The number of aliphatic hydroxyl groups excluding tert-OH is 1. The molecule has 2 heteroatoms. The molecule has 1 heterocycles. The SMILES string of the molecule is Cc1cc(C(O)C2CCCCC2)sc1C. The number of thiophene rings is 1. The molecule has 1 aliphatic rings. The van der Waals surface area contributed by atoms with Gasteiger partial charge in [-0.3, -0.25) is 0 Å². The summed E-state index contributed by atoms with van der Waals surface area (Å²) in [5, 5.41) is 10.3. The second-order valence-electron chi connectivity index (χ2n) is 4.73. The van der Waals surface area contributed by atoms with E-state index >= 15 is 0 Å². The van der Waals surface area contributed by atoms with Crippen LogP contribution in [0.25, 0.3) is 0 Å². The zero-order valence-corrected chi connectivity index (χ0v) is 10.4. The Hall–Kier alpha value is -0.340. The van der Waals surface area contributed by atoms with Gasteiger partial charge < -0.3 is 5.11 Å². The van der Waals surface area contributed by atoms with E-state index in [9.17, 15) is 5.11 Å². The minimum atomic E-state index is -0.206. The van der Waals surface area contributed by atoms with Crippen LogP contribution in [0.2, 0.25) is 0 Å². The summed E-state index contributed by atoms with van der Waals surface area (Å²) in [6.07, 6.45) is 6.15. The second kappa shape index (κ2) is 4.67. The summed E-state index contributed by atoms with van der Waals surface area (Å²) < 4.78 is 0. The molecular formula is C13H20OS. The molecule has 0 spiro atoms. The first-order chi connectivity index (χ1) is 7.18. The quantitative estimate of drug-likeness (QED) is 0.805. The van der Waals surface area contributed by atoms with E-state index in [1.54, 1.807) is 11.3 Å². The van der Waals surface area contributed by atoms with Crippen molar-refractivity contribution in [1.29, 1.82) is 0 Å². The monoisotopic (exact) mass is 224 g/mol. The highest BCUT2D eigenvalue weighted by Gasteiger charge is 2.24. The van der Waals surface area contributed by atoms with E-state index in [-0.39, 0.29) is 6.10 Å². The molecule has 2 rings (SSSR count). The number of aliphatic hydroxyl groups is 1. The summed E-state index contributed by atoms with van der Waals surface area (Å²) in [6.45, 7) is 4.26. The molecule has 1 nitrogen and oxygen atoms in total. The third kappa shape index (κ3) is 2.43. The predicted molar refractivity (Wildman–Crippen MR) is 65.3 cm³/mol. The van der Waals surface area contributed by atoms with Crippen LogP contribution in [0.3, 0.4) is 0 Å². The van der Waals surface area contributed by atoms with Gasteiger partial charge in [-0.05, 0) is 44.2 Å².